The fraction of sp³-hybridized carbons (Fsp3) is 0.364. The Morgan fingerprint density at radius 2 is 2.35 bits per heavy atom. The molecule has 1 rings (SSSR count). The normalized spacial score (nSPS) is 9.76. The first kappa shape index (κ1) is 13.4. The number of hydrogen-bond acceptors (Lipinski definition) is 4. The summed E-state index contributed by atoms with van der Waals surface area (Å²) < 4.78 is 0. The lowest BCUT2D eigenvalue weighted by molar-refractivity contribution is -0.119. The van der Waals surface area contributed by atoms with Crippen LogP contribution >= 0.6 is 12.2 Å². The standard InChI is InChI=1S/C11H16N4OS/c1-3-15(7-9(16)13-2)8-5-4-6-14-10(8)11(12)17/h4-6H,3,7H2,1-2H3,(H2,12,17)(H,13,16). The maximum atomic E-state index is 11.4. The van der Waals surface area contributed by atoms with Crippen molar-refractivity contribution in [3.05, 3.63) is 24.0 Å². The number of thiocarbonyl (C=S) groups is 1. The Bertz CT molecular complexity index is 422. The molecule has 5 nitrogen and oxygen atoms in total. The zero-order valence-electron chi connectivity index (χ0n) is 9.93. The summed E-state index contributed by atoms with van der Waals surface area (Å²) in [5.74, 6) is -0.0652. The van der Waals surface area contributed by atoms with Gasteiger partial charge in [0.2, 0.25) is 5.91 Å². The van der Waals surface area contributed by atoms with E-state index in [2.05, 4.69) is 10.3 Å². The number of aromatic nitrogens is 1. The number of nitrogens with two attached hydrogens (primary N) is 1. The van der Waals surface area contributed by atoms with E-state index in [1.165, 1.54) is 0 Å². The summed E-state index contributed by atoms with van der Waals surface area (Å²) in [6.45, 7) is 2.89. The van der Waals surface area contributed by atoms with Crippen LogP contribution in [-0.2, 0) is 4.79 Å². The minimum absolute atomic E-state index is 0.0652. The monoisotopic (exact) mass is 252 g/mol. The Morgan fingerprint density at radius 1 is 1.65 bits per heavy atom. The van der Waals surface area contributed by atoms with E-state index in [4.69, 9.17) is 18.0 Å². The van der Waals surface area contributed by atoms with Crippen molar-refractivity contribution in [3.63, 3.8) is 0 Å². The van der Waals surface area contributed by atoms with Gasteiger partial charge in [-0.05, 0) is 19.1 Å². The Morgan fingerprint density at radius 3 is 2.88 bits per heavy atom. The molecule has 0 bridgehead atoms. The van der Waals surface area contributed by atoms with Crippen LogP contribution in [-0.4, -0.2) is 36.0 Å². The number of hydrogen-bond donors (Lipinski definition) is 2. The van der Waals surface area contributed by atoms with Gasteiger partial charge in [0.05, 0.1) is 12.2 Å². The summed E-state index contributed by atoms with van der Waals surface area (Å²) >= 11 is 4.95. The summed E-state index contributed by atoms with van der Waals surface area (Å²) in [7, 11) is 1.61. The van der Waals surface area contributed by atoms with Gasteiger partial charge in [0.1, 0.15) is 10.7 Å². The number of nitrogens with zero attached hydrogens (tertiary/aromatic N) is 2. The second-order valence-corrected chi connectivity index (χ2v) is 3.86. The second-order valence-electron chi connectivity index (χ2n) is 3.42. The number of amides is 1. The number of likely N-dealkylation sites (N-methyl/N-ethyl adjacent to an activating group) is 2. The molecule has 0 saturated heterocycles. The van der Waals surface area contributed by atoms with Gasteiger partial charge in [0.25, 0.3) is 0 Å². The quantitative estimate of drug-likeness (QED) is 0.737. The Balaban J connectivity index is 3.03. The molecular formula is C11H16N4OS. The highest BCUT2D eigenvalue weighted by Crippen LogP contribution is 2.17. The summed E-state index contributed by atoms with van der Waals surface area (Å²) in [6.07, 6.45) is 1.63. The average molecular weight is 252 g/mol. The molecule has 92 valence electrons. The van der Waals surface area contributed by atoms with Crippen molar-refractivity contribution in [3.8, 4) is 0 Å². The van der Waals surface area contributed by atoms with Crippen molar-refractivity contribution < 1.29 is 4.79 Å². The summed E-state index contributed by atoms with van der Waals surface area (Å²) in [4.78, 5) is 17.6. The molecule has 1 amide bonds. The van der Waals surface area contributed by atoms with Crippen LogP contribution in [0.4, 0.5) is 5.69 Å². The van der Waals surface area contributed by atoms with Gasteiger partial charge in [-0.15, -0.1) is 0 Å². The van der Waals surface area contributed by atoms with Crippen molar-refractivity contribution >= 4 is 28.8 Å². The third-order valence-electron chi connectivity index (χ3n) is 2.36. The predicted octanol–water partition coefficient (Wildman–Crippen LogP) is 0.288. The van der Waals surface area contributed by atoms with Crippen LogP contribution in [0, 0.1) is 0 Å². The molecule has 17 heavy (non-hydrogen) atoms. The summed E-state index contributed by atoms with van der Waals surface area (Å²) in [6, 6.07) is 3.65. The van der Waals surface area contributed by atoms with E-state index in [9.17, 15) is 4.79 Å². The largest absolute Gasteiger partial charge is 0.388 e. The maximum Gasteiger partial charge on any atom is 0.239 e. The van der Waals surface area contributed by atoms with Gasteiger partial charge in [0.15, 0.2) is 0 Å². The van der Waals surface area contributed by atoms with E-state index >= 15 is 0 Å². The van der Waals surface area contributed by atoms with E-state index in [1.54, 1.807) is 19.3 Å². The Labute approximate surface area is 106 Å². The first-order valence-electron chi connectivity index (χ1n) is 5.30. The molecule has 0 aromatic carbocycles. The first-order chi connectivity index (χ1) is 8.10. The third kappa shape index (κ3) is 3.39. The molecule has 0 aliphatic rings. The molecule has 3 N–H and O–H groups in total. The molecule has 0 spiro atoms. The summed E-state index contributed by atoms with van der Waals surface area (Å²) in [5, 5.41) is 2.58. The number of pyridine rings is 1. The van der Waals surface area contributed by atoms with Gasteiger partial charge in [-0.3, -0.25) is 9.78 Å². The van der Waals surface area contributed by atoms with Crippen molar-refractivity contribution in [1.82, 2.24) is 10.3 Å². The van der Waals surface area contributed by atoms with E-state index in [-0.39, 0.29) is 17.4 Å². The Hall–Kier alpha value is -1.69. The molecule has 1 aromatic rings. The number of carbonyl (C=O) groups is 1. The molecule has 0 unspecified atom stereocenters. The molecule has 1 heterocycles. The molecule has 0 saturated carbocycles. The molecule has 0 atom stereocenters. The van der Waals surface area contributed by atoms with E-state index in [0.717, 1.165) is 5.69 Å². The number of carbonyl (C=O) groups excluding carboxylic acids is 1. The molecule has 1 aromatic heterocycles. The van der Waals surface area contributed by atoms with E-state index < -0.39 is 0 Å². The van der Waals surface area contributed by atoms with Crippen LogP contribution in [0.2, 0.25) is 0 Å². The average Bonchev–Trinajstić information content (AvgIpc) is 2.35. The highest BCUT2D eigenvalue weighted by atomic mass is 32.1. The lowest BCUT2D eigenvalue weighted by Crippen LogP contribution is -2.36. The van der Waals surface area contributed by atoms with Gasteiger partial charge >= 0.3 is 0 Å². The van der Waals surface area contributed by atoms with Crippen molar-refractivity contribution in [2.45, 2.75) is 6.92 Å². The molecule has 0 aliphatic carbocycles. The molecule has 0 radical (unpaired) electrons. The van der Waals surface area contributed by atoms with Crippen molar-refractivity contribution in [2.75, 3.05) is 25.0 Å². The van der Waals surface area contributed by atoms with Gasteiger partial charge in [-0.25, -0.2) is 0 Å². The SMILES string of the molecule is CCN(CC(=O)NC)c1cccnc1C(N)=S. The van der Waals surface area contributed by atoms with Crippen LogP contribution in [0.15, 0.2) is 18.3 Å². The van der Waals surface area contributed by atoms with Crippen LogP contribution in [0.25, 0.3) is 0 Å². The van der Waals surface area contributed by atoms with Crippen LogP contribution in [0.5, 0.6) is 0 Å². The lowest BCUT2D eigenvalue weighted by Gasteiger charge is -2.23. The number of anilines is 1. The minimum atomic E-state index is -0.0652. The number of nitrogens with one attached hydrogen (secondary N) is 1. The Kier molecular flexibility index (Phi) is 4.84. The summed E-state index contributed by atoms with van der Waals surface area (Å²) in [5.41, 5.74) is 6.94. The molecule has 6 heteroatoms. The van der Waals surface area contributed by atoms with Gasteiger partial charge in [-0.2, -0.15) is 0 Å². The second kappa shape index (κ2) is 6.15. The molecular weight excluding hydrogens is 236 g/mol. The fourth-order valence-corrected chi connectivity index (χ4v) is 1.62. The van der Waals surface area contributed by atoms with Crippen molar-refractivity contribution in [2.24, 2.45) is 5.73 Å². The fourth-order valence-electron chi connectivity index (χ4n) is 1.46. The van der Waals surface area contributed by atoms with Gasteiger partial charge < -0.3 is 16.0 Å². The minimum Gasteiger partial charge on any atom is -0.388 e. The smallest absolute Gasteiger partial charge is 0.239 e. The lowest BCUT2D eigenvalue weighted by atomic mass is 10.2. The van der Waals surface area contributed by atoms with Crippen molar-refractivity contribution in [1.29, 1.82) is 0 Å². The molecule has 0 aliphatic heterocycles. The topological polar surface area (TPSA) is 71.2 Å². The zero-order valence-corrected chi connectivity index (χ0v) is 10.8. The van der Waals surface area contributed by atoms with Gasteiger partial charge in [0, 0.05) is 19.8 Å². The predicted molar refractivity (Wildman–Crippen MR) is 72.1 cm³/mol. The van der Waals surface area contributed by atoms with Crippen LogP contribution < -0.4 is 16.0 Å². The highest BCUT2D eigenvalue weighted by Gasteiger charge is 2.14. The number of rotatable bonds is 5. The molecule has 0 fully saturated rings. The highest BCUT2D eigenvalue weighted by molar-refractivity contribution is 7.80. The zero-order chi connectivity index (χ0) is 12.8. The third-order valence-corrected chi connectivity index (χ3v) is 2.55. The van der Waals surface area contributed by atoms with Crippen LogP contribution in [0.3, 0.4) is 0 Å². The van der Waals surface area contributed by atoms with E-state index in [0.29, 0.717) is 12.2 Å². The van der Waals surface area contributed by atoms with Gasteiger partial charge in [-0.1, -0.05) is 12.2 Å². The van der Waals surface area contributed by atoms with E-state index in [1.807, 2.05) is 17.9 Å². The maximum absolute atomic E-state index is 11.4. The van der Waals surface area contributed by atoms with Crippen LogP contribution in [0.1, 0.15) is 12.6 Å². The first-order valence-corrected chi connectivity index (χ1v) is 5.71.